The molecule has 4 rings (SSSR count). The minimum Gasteiger partial charge on any atom is -0.322 e. The molecule has 28 heavy (non-hydrogen) atoms. The van der Waals surface area contributed by atoms with Gasteiger partial charge in [-0.1, -0.05) is 11.6 Å². The van der Waals surface area contributed by atoms with Gasteiger partial charge in [0.05, 0.1) is 10.7 Å². The van der Waals surface area contributed by atoms with E-state index in [4.69, 9.17) is 11.6 Å². The molecule has 0 unspecified atom stereocenters. The van der Waals surface area contributed by atoms with Crippen LogP contribution in [0.15, 0.2) is 58.8 Å². The molecule has 0 aliphatic rings. The van der Waals surface area contributed by atoms with Crippen LogP contribution in [-0.4, -0.2) is 15.3 Å². The molecule has 5 nitrogen and oxygen atoms in total. The molecule has 2 aromatic heterocycles. The van der Waals surface area contributed by atoms with Crippen molar-refractivity contribution in [3.05, 3.63) is 86.6 Å². The average molecular weight is 418 g/mol. The number of aromatic nitrogens is 2. The molecule has 0 saturated carbocycles. The number of nitrogens with zero attached hydrogens (tertiary/aromatic N) is 2. The van der Waals surface area contributed by atoms with Crippen molar-refractivity contribution >= 4 is 39.5 Å². The molecular formula is C19H10ClF2N3O2S. The monoisotopic (exact) mass is 417 g/mol. The Morgan fingerprint density at radius 1 is 1.14 bits per heavy atom. The summed E-state index contributed by atoms with van der Waals surface area (Å²) in [6.45, 7) is 0. The van der Waals surface area contributed by atoms with E-state index in [2.05, 4.69) is 10.3 Å². The Morgan fingerprint density at radius 3 is 2.61 bits per heavy atom. The third-order valence-corrected chi connectivity index (χ3v) is 5.14. The van der Waals surface area contributed by atoms with Crippen molar-refractivity contribution in [2.24, 2.45) is 0 Å². The maximum absolute atomic E-state index is 13.3. The van der Waals surface area contributed by atoms with E-state index in [1.165, 1.54) is 58.3 Å². The zero-order valence-corrected chi connectivity index (χ0v) is 15.5. The molecule has 0 spiro atoms. The summed E-state index contributed by atoms with van der Waals surface area (Å²) in [7, 11) is 0. The predicted octanol–water partition coefficient (Wildman–Crippen LogP) is 4.61. The number of halogens is 3. The van der Waals surface area contributed by atoms with Crippen LogP contribution in [0.2, 0.25) is 5.02 Å². The molecule has 1 amide bonds. The van der Waals surface area contributed by atoms with E-state index < -0.39 is 23.1 Å². The summed E-state index contributed by atoms with van der Waals surface area (Å²) in [5.41, 5.74) is 0.581. The van der Waals surface area contributed by atoms with Crippen LogP contribution in [-0.2, 0) is 0 Å². The molecule has 9 heteroatoms. The summed E-state index contributed by atoms with van der Waals surface area (Å²) in [5, 5.41) is 4.05. The number of hydrogen-bond acceptors (Lipinski definition) is 4. The first-order valence-electron chi connectivity index (χ1n) is 7.95. The third kappa shape index (κ3) is 3.28. The van der Waals surface area contributed by atoms with Crippen LogP contribution in [0.1, 0.15) is 10.4 Å². The summed E-state index contributed by atoms with van der Waals surface area (Å²) in [6.07, 6.45) is 1.18. The lowest BCUT2D eigenvalue weighted by Gasteiger charge is -2.07. The first-order valence-corrected chi connectivity index (χ1v) is 9.21. The predicted molar refractivity (Wildman–Crippen MR) is 104 cm³/mol. The molecule has 2 aromatic carbocycles. The number of anilines is 1. The highest BCUT2D eigenvalue weighted by molar-refractivity contribution is 7.15. The fourth-order valence-electron chi connectivity index (χ4n) is 2.64. The second kappa shape index (κ2) is 7.14. The van der Waals surface area contributed by atoms with Crippen molar-refractivity contribution in [3.63, 3.8) is 0 Å². The smallest absolute Gasteiger partial charge is 0.271 e. The van der Waals surface area contributed by atoms with E-state index in [0.717, 1.165) is 6.07 Å². The van der Waals surface area contributed by atoms with Gasteiger partial charge in [-0.25, -0.2) is 13.8 Å². The Hall–Kier alpha value is -3.10. The minimum atomic E-state index is -0.703. The van der Waals surface area contributed by atoms with Crippen molar-refractivity contribution in [2.45, 2.75) is 0 Å². The molecule has 140 valence electrons. The van der Waals surface area contributed by atoms with Crippen LogP contribution in [0.5, 0.6) is 0 Å². The van der Waals surface area contributed by atoms with Gasteiger partial charge in [0.15, 0.2) is 4.96 Å². The average Bonchev–Trinajstić information content (AvgIpc) is 3.10. The number of nitrogens with one attached hydrogen (secondary N) is 1. The lowest BCUT2D eigenvalue weighted by Crippen LogP contribution is -2.26. The van der Waals surface area contributed by atoms with Gasteiger partial charge < -0.3 is 5.32 Å². The summed E-state index contributed by atoms with van der Waals surface area (Å²) in [6, 6.07) is 9.33. The highest BCUT2D eigenvalue weighted by Gasteiger charge is 2.17. The number of amides is 1. The van der Waals surface area contributed by atoms with E-state index in [1.54, 1.807) is 5.38 Å². The molecule has 0 fully saturated rings. The molecule has 0 radical (unpaired) electrons. The first-order chi connectivity index (χ1) is 13.4. The van der Waals surface area contributed by atoms with E-state index >= 15 is 0 Å². The van der Waals surface area contributed by atoms with Crippen molar-refractivity contribution in [1.29, 1.82) is 0 Å². The number of rotatable bonds is 3. The number of carbonyl (C=O) groups excluding carboxylic acids is 1. The van der Waals surface area contributed by atoms with Gasteiger partial charge in [-0.3, -0.25) is 14.0 Å². The standard InChI is InChI=1S/C19H10ClF2N3O2S/c20-14-7-12(5-6-15(14)22)24-17(26)13-8-23-19-25(18(13)27)16(9-28-19)10-1-3-11(21)4-2-10/h1-9H,(H,24,26). The van der Waals surface area contributed by atoms with Crippen molar-refractivity contribution in [1.82, 2.24) is 9.38 Å². The lowest BCUT2D eigenvalue weighted by atomic mass is 10.1. The quantitative estimate of drug-likeness (QED) is 0.529. The van der Waals surface area contributed by atoms with Gasteiger partial charge in [-0.15, -0.1) is 11.3 Å². The Balaban J connectivity index is 1.75. The second-order valence-corrected chi connectivity index (χ2v) is 7.05. The Bertz CT molecular complexity index is 1270. The number of carbonyl (C=O) groups is 1. The fourth-order valence-corrected chi connectivity index (χ4v) is 3.68. The maximum Gasteiger partial charge on any atom is 0.271 e. The zero-order valence-electron chi connectivity index (χ0n) is 13.9. The Morgan fingerprint density at radius 2 is 1.89 bits per heavy atom. The number of fused-ring (bicyclic) bond motifs is 1. The molecule has 0 aliphatic heterocycles. The first kappa shape index (κ1) is 18.3. The largest absolute Gasteiger partial charge is 0.322 e. The fraction of sp³-hybridized carbons (Fsp3) is 0. The minimum absolute atomic E-state index is 0.153. The van der Waals surface area contributed by atoms with Crippen molar-refractivity contribution in [3.8, 4) is 11.3 Å². The van der Waals surface area contributed by atoms with E-state index in [-0.39, 0.29) is 16.3 Å². The summed E-state index contributed by atoms with van der Waals surface area (Å²) >= 11 is 6.93. The second-order valence-electron chi connectivity index (χ2n) is 5.81. The lowest BCUT2D eigenvalue weighted by molar-refractivity contribution is 0.102. The van der Waals surface area contributed by atoms with Gasteiger partial charge in [-0.2, -0.15) is 0 Å². The molecule has 1 N–H and O–H groups in total. The molecule has 0 atom stereocenters. The molecule has 0 saturated heterocycles. The number of hydrogen-bond donors (Lipinski definition) is 1. The molecule has 0 aliphatic carbocycles. The van der Waals surface area contributed by atoms with Crippen molar-refractivity contribution in [2.75, 3.05) is 5.32 Å². The molecule has 4 aromatic rings. The van der Waals surface area contributed by atoms with Crippen LogP contribution < -0.4 is 10.9 Å². The SMILES string of the molecule is O=C(Nc1ccc(F)c(Cl)c1)c1cnc2scc(-c3ccc(F)cc3)n2c1=O. The Labute approximate surface area is 165 Å². The number of benzene rings is 2. The van der Waals surface area contributed by atoms with Crippen molar-refractivity contribution < 1.29 is 13.6 Å². The molecule has 2 heterocycles. The maximum atomic E-state index is 13.3. The number of thiazole rings is 1. The van der Waals surface area contributed by atoms with Gasteiger partial charge in [0, 0.05) is 17.3 Å². The van der Waals surface area contributed by atoms with E-state index in [0.29, 0.717) is 16.2 Å². The van der Waals surface area contributed by atoms with Gasteiger partial charge >= 0.3 is 0 Å². The van der Waals surface area contributed by atoms with E-state index in [9.17, 15) is 18.4 Å². The van der Waals surface area contributed by atoms with Crippen LogP contribution in [0.4, 0.5) is 14.5 Å². The summed E-state index contributed by atoms with van der Waals surface area (Å²) < 4.78 is 27.7. The van der Waals surface area contributed by atoms with E-state index in [1.807, 2.05) is 0 Å². The van der Waals surface area contributed by atoms with Crippen LogP contribution in [0.25, 0.3) is 16.2 Å². The van der Waals surface area contributed by atoms with Gasteiger partial charge in [0.2, 0.25) is 0 Å². The molecule has 0 bridgehead atoms. The topological polar surface area (TPSA) is 63.5 Å². The normalized spacial score (nSPS) is 11.0. The Kier molecular flexibility index (Phi) is 4.66. The third-order valence-electron chi connectivity index (χ3n) is 4.01. The summed E-state index contributed by atoms with van der Waals surface area (Å²) in [4.78, 5) is 30.0. The van der Waals surface area contributed by atoms with Crippen LogP contribution in [0.3, 0.4) is 0 Å². The van der Waals surface area contributed by atoms with Gasteiger partial charge in [-0.05, 0) is 48.0 Å². The van der Waals surface area contributed by atoms with Crippen LogP contribution >= 0.6 is 22.9 Å². The summed E-state index contributed by atoms with van der Waals surface area (Å²) in [5.74, 6) is -1.72. The van der Waals surface area contributed by atoms with Gasteiger partial charge in [0.25, 0.3) is 11.5 Å². The molecular weight excluding hydrogens is 408 g/mol. The van der Waals surface area contributed by atoms with Gasteiger partial charge in [0.1, 0.15) is 17.2 Å². The highest BCUT2D eigenvalue weighted by atomic mass is 35.5. The highest BCUT2D eigenvalue weighted by Crippen LogP contribution is 2.24. The van der Waals surface area contributed by atoms with Crippen LogP contribution in [0, 0.1) is 11.6 Å². The zero-order chi connectivity index (χ0) is 19.8.